The normalized spacial score (nSPS) is 18.0. The smallest absolute Gasteiger partial charge is 0.424 e. The lowest BCUT2D eigenvalue weighted by Gasteiger charge is -2.38. The van der Waals surface area contributed by atoms with Gasteiger partial charge in [0.15, 0.2) is 5.75 Å². The molecule has 0 saturated heterocycles. The predicted octanol–water partition coefficient (Wildman–Crippen LogP) is 4.29. The number of nitrogen functional groups attached to an aromatic ring is 1. The van der Waals surface area contributed by atoms with Crippen LogP contribution in [0.2, 0.25) is 0 Å². The highest BCUT2D eigenvalue weighted by atomic mass is 19.4. The number of halogens is 3. The number of nitrogens with zero attached hydrogens (tertiary/aromatic N) is 5. The fourth-order valence-corrected chi connectivity index (χ4v) is 6.21. The Labute approximate surface area is 251 Å². The number of anilines is 1. The summed E-state index contributed by atoms with van der Waals surface area (Å²) in [6.07, 6.45) is 0.222. The number of ether oxygens (including phenoxy) is 1. The molecule has 10 nitrogen and oxygen atoms in total. The molecule has 0 bridgehead atoms. The average molecular weight is 609 g/mol. The van der Waals surface area contributed by atoms with Gasteiger partial charge in [-0.25, -0.2) is 4.68 Å². The molecule has 1 aromatic carbocycles. The molecule has 1 atom stereocenters. The van der Waals surface area contributed by atoms with Crippen LogP contribution in [0, 0.1) is 6.92 Å². The second-order valence-corrected chi connectivity index (χ2v) is 11.4. The monoisotopic (exact) mass is 608 g/mol. The van der Waals surface area contributed by atoms with E-state index in [1.54, 1.807) is 9.58 Å². The van der Waals surface area contributed by atoms with Crippen LogP contribution in [0.3, 0.4) is 0 Å². The number of amides is 2. The lowest BCUT2D eigenvalue weighted by Crippen LogP contribution is -2.46. The maximum Gasteiger partial charge on any atom is 0.433 e. The molecule has 44 heavy (non-hydrogen) atoms. The molecule has 2 aromatic heterocycles. The van der Waals surface area contributed by atoms with Crippen LogP contribution in [0.5, 0.6) is 5.75 Å². The summed E-state index contributed by atoms with van der Waals surface area (Å²) in [7, 11) is 0. The van der Waals surface area contributed by atoms with E-state index in [2.05, 4.69) is 11.6 Å². The Kier molecular flexibility index (Phi) is 7.21. The fraction of sp³-hybridized carbons (Fsp3) is 0.387. The lowest BCUT2D eigenvalue weighted by atomic mass is 9.94. The number of hydrogen-bond acceptors (Lipinski definition) is 7. The molecule has 4 heterocycles. The molecular weight excluding hydrogens is 577 g/mol. The minimum Gasteiger partial charge on any atom is -0.424 e. The van der Waals surface area contributed by atoms with Gasteiger partial charge in [0.1, 0.15) is 11.4 Å². The van der Waals surface area contributed by atoms with E-state index in [4.69, 9.17) is 15.6 Å². The molecule has 0 spiro atoms. The number of alkyl halides is 3. The first-order chi connectivity index (χ1) is 20.9. The first-order valence-corrected chi connectivity index (χ1v) is 14.4. The van der Waals surface area contributed by atoms with E-state index < -0.39 is 29.8 Å². The second-order valence-electron chi connectivity index (χ2n) is 11.4. The van der Waals surface area contributed by atoms with Crippen molar-refractivity contribution in [3.05, 3.63) is 76.4 Å². The molecule has 3 aromatic rings. The third kappa shape index (κ3) is 5.09. The molecule has 1 aliphatic carbocycles. The zero-order valence-electron chi connectivity index (χ0n) is 24.3. The Morgan fingerprint density at radius 3 is 2.57 bits per heavy atom. The molecule has 13 heteroatoms. The van der Waals surface area contributed by atoms with Gasteiger partial charge in [-0.1, -0.05) is 12.6 Å². The van der Waals surface area contributed by atoms with Crippen LogP contribution in [-0.2, 0) is 28.6 Å². The van der Waals surface area contributed by atoms with Gasteiger partial charge in [0.25, 0.3) is 5.91 Å². The van der Waals surface area contributed by atoms with Crippen molar-refractivity contribution in [1.82, 2.24) is 24.6 Å². The third-order valence-corrected chi connectivity index (χ3v) is 8.54. The van der Waals surface area contributed by atoms with Crippen molar-refractivity contribution in [2.24, 2.45) is 0 Å². The van der Waals surface area contributed by atoms with Gasteiger partial charge in [-0.2, -0.15) is 18.3 Å². The van der Waals surface area contributed by atoms with Crippen molar-refractivity contribution in [3.8, 4) is 11.4 Å². The third-order valence-electron chi connectivity index (χ3n) is 8.54. The van der Waals surface area contributed by atoms with Gasteiger partial charge in [0, 0.05) is 56.7 Å². The van der Waals surface area contributed by atoms with Crippen molar-refractivity contribution >= 4 is 23.5 Å². The van der Waals surface area contributed by atoms with Crippen LogP contribution in [-0.4, -0.2) is 62.0 Å². The number of hydrogen-bond donors (Lipinski definition) is 1. The number of carbonyl (C=O) groups is 3. The molecule has 1 fully saturated rings. The first kappa shape index (κ1) is 29.4. The quantitative estimate of drug-likeness (QED) is 0.260. The Balaban J connectivity index is 1.45. The van der Waals surface area contributed by atoms with Crippen molar-refractivity contribution in [3.63, 3.8) is 0 Å². The van der Waals surface area contributed by atoms with Crippen molar-refractivity contribution < 1.29 is 32.3 Å². The van der Waals surface area contributed by atoms with Crippen LogP contribution in [0.25, 0.3) is 5.69 Å². The Hall–Kier alpha value is -4.68. The van der Waals surface area contributed by atoms with Gasteiger partial charge in [0.05, 0.1) is 28.7 Å². The molecule has 1 saturated carbocycles. The standard InChI is InChI=1S/C31H31F3N6O4/c1-4-26(42)38-11-9-21-27-23(40(37-21)22-8-7-19(18-5-6-18)13-25(22)44-17(3)41)10-12-39(24(27)15-38)30(43)20-14-36-29(31(32,33)34)16(2)28(20)35/h4,7-8,13-14,18,24H,1,5-6,9-12,15H2,2-3H3,(H2,35,36)/t24-/m0/s1. The number of nitrogens with two attached hydrogens (primary N) is 1. The highest BCUT2D eigenvalue weighted by Gasteiger charge is 2.42. The molecule has 3 aliphatic rings. The number of pyridine rings is 1. The molecule has 2 N–H and O–H groups in total. The molecule has 230 valence electrons. The molecular formula is C31H31F3N6O4. The number of esters is 1. The van der Waals surface area contributed by atoms with E-state index in [1.807, 2.05) is 18.2 Å². The highest BCUT2D eigenvalue weighted by molar-refractivity contribution is 6.00. The summed E-state index contributed by atoms with van der Waals surface area (Å²) in [5.74, 6) is -0.564. The molecule has 0 unspecified atom stereocenters. The van der Waals surface area contributed by atoms with Gasteiger partial charge in [0.2, 0.25) is 5.91 Å². The number of carbonyl (C=O) groups excluding carboxylic acids is 3. The zero-order valence-corrected chi connectivity index (χ0v) is 24.3. The minimum absolute atomic E-state index is 0.118. The maximum atomic E-state index is 14.0. The van der Waals surface area contributed by atoms with Gasteiger partial charge in [-0.15, -0.1) is 0 Å². The first-order valence-electron chi connectivity index (χ1n) is 14.4. The minimum atomic E-state index is -4.72. The van der Waals surface area contributed by atoms with E-state index in [9.17, 15) is 27.6 Å². The summed E-state index contributed by atoms with van der Waals surface area (Å²) in [6.45, 7) is 6.72. The van der Waals surface area contributed by atoms with Crippen LogP contribution < -0.4 is 10.5 Å². The molecule has 0 radical (unpaired) electrons. The van der Waals surface area contributed by atoms with Crippen molar-refractivity contribution in [2.45, 2.75) is 57.7 Å². The van der Waals surface area contributed by atoms with Crippen molar-refractivity contribution in [1.29, 1.82) is 0 Å². The Bertz CT molecular complexity index is 1710. The summed E-state index contributed by atoms with van der Waals surface area (Å²) in [5.41, 5.74) is 8.04. The zero-order chi connectivity index (χ0) is 31.5. The van der Waals surface area contributed by atoms with E-state index in [0.29, 0.717) is 42.4 Å². The van der Waals surface area contributed by atoms with Crippen molar-refractivity contribution in [2.75, 3.05) is 25.4 Å². The summed E-state index contributed by atoms with van der Waals surface area (Å²) in [5, 5.41) is 4.92. The largest absolute Gasteiger partial charge is 0.433 e. The van der Waals surface area contributed by atoms with Gasteiger partial charge >= 0.3 is 12.1 Å². The number of aromatic nitrogens is 3. The van der Waals surface area contributed by atoms with Gasteiger partial charge in [-0.3, -0.25) is 19.4 Å². The lowest BCUT2D eigenvalue weighted by molar-refractivity contribution is -0.141. The highest BCUT2D eigenvalue weighted by Crippen LogP contribution is 2.44. The van der Waals surface area contributed by atoms with E-state index in [-0.39, 0.29) is 35.8 Å². The summed E-state index contributed by atoms with van der Waals surface area (Å²) >= 11 is 0. The van der Waals surface area contributed by atoms with Gasteiger partial charge < -0.3 is 20.3 Å². The second kappa shape index (κ2) is 10.8. The maximum absolute atomic E-state index is 14.0. The van der Waals surface area contributed by atoms with E-state index >= 15 is 0 Å². The summed E-state index contributed by atoms with van der Waals surface area (Å²) in [4.78, 5) is 45.4. The summed E-state index contributed by atoms with van der Waals surface area (Å²) in [6, 6.07) is 5.08. The SMILES string of the molecule is C=CC(=O)N1CCc2nn(-c3ccc(C4CC4)cc3OC(C)=O)c3c2[C@H](C1)N(C(=O)c1cnc(C(F)(F)F)c(C)c1N)CC3. The molecule has 6 rings (SSSR count). The summed E-state index contributed by atoms with van der Waals surface area (Å²) < 4.78 is 47.7. The van der Waals surface area contributed by atoms with E-state index in [1.165, 1.54) is 24.8 Å². The van der Waals surface area contributed by atoms with Crippen LogP contribution in [0.1, 0.15) is 75.9 Å². The predicted molar refractivity (Wildman–Crippen MR) is 153 cm³/mol. The number of rotatable bonds is 5. The fourth-order valence-electron chi connectivity index (χ4n) is 6.21. The van der Waals surface area contributed by atoms with Crippen LogP contribution in [0.4, 0.5) is 18.9 Å². The van der Waals surface area contributed by atoms with E-state index in [0.717, 1.165) is 35.9 Å². The molecule has 2 amide bonds. The Morgan fingerprint density at radius 1 is 1.16 bits per heavy atom. The van der Waals surface area contributed by atoms with Crippen LogP contribution >= 0.6 is 0 Å². The number of benzene rings is 1. The Morgan fingerprint density at radius 2 is 1.91 bits per heavy atom. The van der Waals surface area contributed by atoms with Crippen LogP contribution in [0.15, 0.2) is 37.1 Å². The average Bonchev–Trinajstić information content (AvgIpc) is 3.78. The molecule has 2 aliphatic heterocycles. The topological polar surface area (TPSA) is 124 Å². The van der Waals surface area contributed by atoms with Gasteiger partial charge in [-0.05, 0) is 49.5 Å².